The summed E-state index contributed by atoms with van der Waals surface area (Å²) in [5, 5.41) is 0. The largest absolute Gasteiger partial charge is 0.341 e. The molecule has 1 saturated heterocycles. The zero-order chi connectivity index (χ0) is 17.2. The first-order valence-electron chi connectivity index (χ1n) is 8.11. The molecule has 0 radical (unpaired) electrons. The molecule has 128 valence electrons. The molecule has 1 heterocycles. The van der Waals surface area contributed by atoms with Gasteiger partial charge in [0.15, 0.2) is 0 Å². The summed E-state index contributed by atoms with van der Waals surface area (Å²) < 4.78 is 26.3. The predicted octanol–water partition coefficient (Wildman–Crippen LogP) is 2.47. The van der Waals surface area contributed by atoms with Gasteiger partial charge in [0.2, 0.25) is 15.9 Å². The highest BCUT2D eigenvalue weighted by atomic mass is 32.2. The topological polar surface area (TPSA) is 57.7 Å². The third-order valence-corrected chi connectivity index (χ3v) is 5.50. The van der Waals surface area contributed by atoms with E-state index in [4.69, 9.17) is 0 Å². The third kappa shape index (κ3) is 3.86. The van der Waals surface area contributed by atoms with E-state index < -0.39 is 16.1 Å². The van der Waals surface area contributed by atoms with E-state index in [0.29, 0.717) is 12.1 Å². The number of sulfonamides is 1. The van der Waals surface area contributed by atoms with Gasteiger partial charge in [-0.25, -0.2) is 8.42 Å². The monoisotopic (exact) mass is 338 g/mol. The molecule has 0 bridgehead atoms. The van der Waals surface area contributed by atoms with Crippen molar-refractivity contribution in [2.45, 2.75) is 46.1 Å². The Bertz CT molecular complexity index is 679. The highest BCUT2D eigenvalue weighted by Crippen LogP contribution is 2.28. The molecule has 1 aliphatic heterocycles. The Labute approximate surface area is 139 Å². The van der Waals surface area contributed by atoms with E-state index in [0.717, 1.165) is 37.1 Å². The Hall–Kier alpha value is -1.56. The number of amides is 1. The lowest BCUT2D eigenvalue weighted by atomic mass is 10.1. The van der Waals surface area contributed by atoms with E-state index in [1.54, 1.807) is 4.90 Å². The Kier molecular flexibility index (Phi) is 5.34. The lowest BCUT2D eigenvalue weighted by Gasteiger charge is -2.33. The minimum absolute atomic E-state index is 0.0867. The van der Waals surface area contributed by atoms with Gasteiger partial charge in [-0.1, -0.05) is 19.1 Å². The average Bonchev–Trinajstić information content (AvgIpc) is 3.00. The molecule has 0 saturated carbocycles. The van der Waals surface area contributed by atoms with Gasteiger partial charge < -0.3 is 4.90 Å². The van der Waals surface area contributed by atoms with Crippen molar-refractivity contribution in [2.75, 3.05) is 23.7 Å². The Balaban J connectivity index is 2.48. The van der Waals surface area contributed by atoms with Crippen LogP contribution < -0.4 is 4.31 Å². The fraction of sp³-hybridized carbons (Fsp3) is 0.588. The normalized spacial score (nSPS) is 16.4. The minimum Gasteiger partial charge on any atom is -0.341 e. The first-order valence-corrected chi connectivity index (χ1v) is 9.96. The first kappa shape index (κ1) is 17.8. The van der Waals surface area contributed by atoms with E-state index in [-0.39, 0.29) is 5.91 Å². The number of carbonyl (C=O) groups is 1. The van der Waals surface area contributed by atoms with Gasteiger partial charge >= 0.3 is 0 Å². The molecule has 0 aliphatic carbocycles. The van der Waals surface area contributed by atoms with Gasteiger partial charge in [0, 0.05) is 13.1 Å². The van der Waals surface area contributed by atoms with E-state index in [9.17, 15) is 13.2 Å². The van der Waals surface area contributed by atoms with E-state index in [2.05, 4.69) is 0 Å². The molecule has 1 atom stereocenters. The van der Waals surface area contributed by atoms with Crippen LogP contribution in [0.25, 0.3) is 0 Å². The molecule has 1 aromatic carbocycles. The summed E-state index contributed by atoms with van der Waals surface area (Å²) in [7, 11) is -3.56. The van der Waals surface area contributed by atoms with Gasteiger partial charge in [-0.15, -0.1) is 0 Å². The summed E-state index contributed by atoms with van der Waals surface area (Å²) in [5.74, 6) is -0.0867. The quantitative estimate of drug-likeness (QED) is 0.829. The lowest BCUT2D eigenvalue weighted by Crippen LogP contribution is -2.50. The van der Waals surface area contributed by atoms with Gasteiger partial charge in [-0.2, -0.15) is 0 Å². The maximum atomic E-state index is 12.9. The minimum atomic E-state index is -3.56. The maximum absolute atomic E-state index is 12.9. The summed E-state index contributed by atoms with van der Waals surface area (Å²) in [6.07, 6.45) is 3.61. The van der Waals surface area contributed by atoms with Crippen LogP contribution in [0.15, 0.2) is 18.2 Å². The smallest absolute Gasteiger partial charge is 0.246 e. The third-order valence-electron chi connectivity index (χ3n) is 4.33. The van der Waals surface area contributed by atoms with Crippen molar-refractivity contribution in [3.8, 4) is 0 Å². The van der Waals surface area contributed by atoms with Crippen LogP contribution in [0, 0.1) is 13.8 Å². The van der Waals surface area contributed by atoms with Crippen LogP contribution >= 0.6 is 0 Å². The molecule has 1 fully saturated rings. The molecular weight excluding hydrogens is 312 g/mol. The van der Waals surface area contributed by atoms with Crippen molar-refractivity contribution in [1.82, 2.24) is 4.90 Å². The Morgan fingerprint density at radius 2 is 1.87 bits per heavy atom. The van der Waals surface area contributed by atoms with Crippen molar-refractivity contribution >= 4 is 21.6 Å². The summed E-state index contributed by atoms with van der Waals surface area (Å²) in [6, 6.07) is 5.01. The number of hydrogen-bond acceptors (Lipinski definition) is 3. The summed E-state index contributed by atoms with van der Waals surface area (Å²) in [4.78, 5) is 14.6. The number of anilines is 1. The van der Waals surface area contributed by atoms with Crippen molar-refractivity contribution < 1.29 is 13.2 Å². The zero-order valence-electron chi connectivity index (χ0n) is 14.4. The van der Waals surface area contributed by atoms with Gasteiger partial charge in [-0.05, 0) is 50.3 Å². The Morgan fingerprint density at radius 1 is 1.26 bits per heavy atom. The van der Waals surface area contributed by atoms with Crippen LogP contribution in [0.2, 0.25) is 0 Å². The highest BCUT2D eigenvalue weighted by Gasteiger charge is 2.35. The number of nitrogens with zero attached hydrogens (tertiary/aromatic N) is 2. The average molecular weight is 338 g/mol. The highest BCUT2D eigenvalue weighted by molar-refractivity contribution is 7.92. The summed E-state index contributed by atoms with van der Waals surface area (Å²) >= 11 is 0. The van der Waals surface area contributed by atoms with Crippen LogP contribution in [0.1, 0.15) is 37.3 Å². The number of benzene rings is 1. The molecule has 23 heavy (non-hydrogen) atoms. The zero-order valence-corrected chi connectivity index (χ0v) is 15.2. The van der Waals surface area contributed by atoms with E-state index in [1.165, 1.54) is 10.6 Å². The summed E-state index contributed by atoms with van der Waals surface area (Å²) in [6.45, 7) is 7.11. The van der Waals surface area contributed by atoms with Gasteiger partial charge in [-0.3, -0.25) is 9.10 Å². The molecule has 6 heteroatoms. The van der Waals surface area contributed by atoms with E-state index in [1.807, 2.05) is 39.0 Å². The van der Waals surface area contributed by atoms with Gasteiger partial charge in [0.1, 0.15) is 6.04 Å². The van der Waals surface area contributed by atoms with Crippen molar-refractivity contribution in [1.29, 1.82) is 0 Å². The molecule has 5 nitrogen and oxygen atoms in total. The van der Waals surface area contributed by atoms with Crippen molar-refractivity contribution in [3.05, 3.63) is 29.3 Å². The van der Waals surface area contributed by atoms with Gasteiger partial charge in [0.05, 0.1) is 11.9 Å². The number of aryl methyl sites for hydroxylation is 2. The predicted molar refractivity (Wildman–Crippen MR) is 93.1 cm³/mol. The second-order valence-electron chi connectivity index (χ2n) is 6.31. The van der Waals surface area contributed by atoms with Crippen molar-refractivity contribution in [3.63, 3.8) is 0 Å². The van der Waals surface area contributed by atoms with Crippen LogP contribution in [0.5, 0.6) is 0 Å². The molecule has 0 spiro atoms. The van der Waals surface area contributed by atoms with Crippen LogP contribution in [-0.4, -0.2) is 44.6 Å². The second kappa shape index (κ2) is 6.91. The second-order valence-corrected chi connectivity index (χ2v) is 8.16. The number of likely N-dealkylation sites (tertiary alicyclic amines) is 1. The molecule has 1 aromatic rings. The number of hydrogen-bond donors (Lipinski definition) is 0. The summed E-state index contributed by atoms with van der Waals surface area (Å²) in [5.41, 5.74) is 2.43. The molecule has 0 N–H and O–H groups in total. The van der Waals surface area contributed by atoms with Crippen LogP contribution in [0.3, 0.4) is 0 Å². The van der Waals surface area contributed by atoms with Crippen molar-refractivity contribution in [2.24, 2.45) is 0 Å². The van der Waals surface area contributed by atoms with E-state index >= 15 is 0 Å². The van der Waals surface area contributed by atoms with Gasteiger partial charge in [0.25, 0.3) is 0 Å². The fourth-order valence-electron chi connectivity index (χ4n) is 3.12. The molecule has 1 amide bonds. The number of rotatable bonds is 5. The molecule has 2 rings (SSSR count). The van der Waals surface area contributed by atoms with Crippen LogP contribution in [0.4, 0.5) is 5.69 Å². The van der Waals surface area contributed by atoms with Crippen LogP contribution in [-0.2, 0) is 14.8 Å². The first-order chi connectivity index (χ1) is 10.8. The molecular formula is C17H26N2O3S. The Morgan fingerprint density at radius 3 is 2.39 bits per heavy atom. The number of carbonyl (C=O) groups excluding carboxylic acids is 1. The standard InChI is InChI=1S/C17H26N2O3S/c1-5-15(17(20)18-10-6-7-11-18)19(23(4,21)22)16-12-13(2)8-9-14(16)3/h8-9,12,15H,5-7,10-11H2,1-4H3/t15-/m0/s1. The lowest BCUT2D eigenvalue weighted by molar-refractivity contribution is -0.131. The maximum Gasteiger partial charge on any atom is 0.246 e. The fourth-order valence-corrected chi connectivity index (χ4v) is 4.38. The molecule has 0 aromatic heterocycles. The SMILES string of the molecule is CC[C@@H](C(=O)N1CCCC1)N(c1cc(C)ccc1C)S(C)(=O)=O. The molecule has 1 aliphatic rings. The molecule has 0 unspecified atom stereocenters.